The molecule has 0 bridgehead atoms. The molecular weight excluding hydrogens is 504 g/mol. The van der Waals surface area contributed by atoms with Crippen LogP contribution in [0, 0.1) is 0 Å². The van der Waals surface area contributed by atoms with Gasteiger partial charge in [-0.1, -0.05) is 23.7 Å². The summed E-state index contributed by atoms with van der Waals surface area (Å²) in [6.07, 6.45) is 3.77. The minimum Gasteiger partial charge on any atom is -0.378 e. The van der Waals surface area contributed by atoms with Crippen molar-refractivity contribution in [3.8, 4) is 11.3 Å². The van der Waals surface area contributed by atoms with Gasteiger partial charge >= 0.3 is 0 Å². The number of fused-ring (bicyclic) bond motifs is 2. The fourth-order valence-corrected chi connectivity index (χ4v) is 5.57. The Morgan fingerprint density at radius 3 is 2.67 bits per heavy atom. The summed E-state index contributed by atoms with van der Waals surface area (Å²) in [7, 11) is -2.18. The van der Waals surface area contributed by atoms with Crippen LogP contribution in [0.5, 0.6) is 0 Å². The van der Waals surface area contributed by atoms with Crippen molar-refractivity contribution in [3.05, 3.63) is 41.4 Å². The van der Waals surface area contributed by atoms with Crippen LogP contribution in [-0.4, -0.2) is 101 Å². The zero-order chi connectivity index (χ0) is 24.6. The number of hydrogen-bond donors (Lipinski definition) is 1. The molecule has 0 atom stereocenters. The summed E-state index contributed by atoms with van der Waals surface area (Å²) in [5.74, 6) is 0.779. The molecule has 0 unspecified atom stereocenters. The number of aromatic amines is 1. The van der Waals surface area contributed by atoms with Crippen molar-refractivity contribution in [3.63, 3.8) is 0 Å². The zero-order valence-electron chi connectivity index (χ0n) is 19.5. The second-order valence-corrected chi connectivity index (χ2v) is 10.0. The Balaban J connectivity index is 1.39. The summed E-state index contributed by atoms with van der Waals surface area (Å²) in [4.78, 5) is 16.3. The Morgan fingerprint density at radius 1 is 1.08 bits per heavy atom. The van der Waals surface area contributed by atoms with Crippen molar-refractivity contribution in [1.82, 2.24) is 34.4 Å². The van der Waals surface area contributed by atoms with Crippen molar-refractivity contribution >= 4 is 49.8 Å². The number of anilines is 1. The Bertz CT molecular complexity index is 1540. The standard InChI is InChI=1S/C23H25ClN8O3S/c24-21-20(17-2-1-3-19-18(17)12-25-28-19)27-22(31-8-10-35-11-9-31)23-26-16(14-32(21)23)13-29-4-6-30(7-5-29)15-36(33)34/h1-3,12,14-15H,4-11,13H2,(H,25,28). The molecule has 0 radical (unpaired) electrons. The molecular formula is C23H25ClN8O3S. The third-order valence-corrected chi connectivity index (χ3v) is 7.49. The number of nitrogens with zero attached hydrogens (tertiary/aromatic N) is 7. The van der Waals surface area contributed by atoms with E-state index in [0.717, 1.165) is 54.2 Å². The van der Waals surface area contributed by atoms with Crippen LogP contribution in [-0.2, 0) is 21.6 Å². The van der Waals surface area contributed by atoms with Gasteiger partial charge in [-0.2, -0.15) is 13.5 Å². The van der Waals surface area contributed by atoms with E-state index in [1.165, 1.54) is 5.49 Å². The van der Waals surface area contributed by atoms with E-state index < -0.39 is 10.3 Å². The van der Waals surface area contributed by atoms with Gasteiger partial charge in [0.2, 0.25) is 10.3 Å². The number of ether oxygens (including phenoxy) is 1. The average Bonchev–Trinajstić information content (AvgIpc) is 3.53. The van der Waals surface area contributed by atoms with Crippen molar-refractivity contribution in [2.24, 2.45) is 0 Å². The Kier molecular flexibility index (Phi) is 6.36. The predicted molar refractivity (Wildman–Crippen MR) is 138 cm³/mol. The first kappa shape index (κ1) is 23.4. The van der Waals surface area contributed by atoms with Crippen molar-refractivity contribution in [1.29, 1.82) is 0 Å². The second-order valence-electron chi connectivity index (χ2n) is 8.91. The monoisotopic (exact) mass is 528 g/mol. The number of piperazine rings is 1. The molecule has 2 saturated heterocycles. The van der Waals surface area contributed by atoms with Crippen LogP contribution in [0.15, 0.2) is 30.6 Å². The van der Waals surface area contributed by atoms with E-state index in [-0.39, 0.29) is 0 Å². The molecule has 11 nitrogen and oxygen atoms in total. The van der Waals surface area contributed by atoms with Gasteiger partial charge in [0.25, 0.3) is 0 Å². The zero-order valence-corrected chi connectivity index (χ0v) is 21.0. The first-order valence-electron chi connectivity index (χ1n) is 11.8. The lowest BCUT2D eigenvalue weighted by Gasteiger charge is -2.31. The minimum absolute atomic E-state index is 0.492. The highest BCUT2D eigenvalue weighted by molar-refractivity contribution is 7.71. The summed E-state index contributed by atoms with van der Waals surface area (Å²) in [6, 6.07) is 5.94. The minimum atomic E-state index is -2.18. The van der Waals surface area contributed by atoms with Crippen molar-refractivity contribution in [2.45, 2.75) is 6.54 Å². The molecule has 2 fully saturated rings. The highest BCUT2D eigenvalue weighted by Crippen LogP contribution is 2.35. The third-order valence-electron chi connectivity index (χ3n) is 6.66. The fraction of sp³-hybridized carbons (Fsp3) is 0.391. The lowest BCUT2D eigenvalue weighted by molar-refractivity contribution is 0.122. The van der Waals surface area contributed by atoms with E-state index >= 15 is 0 Å². The molecule has 36 heavy (non-hydrogen) atoms. The second kappa shape index (κ2) is 9.79. The number of benzene rings is 1. The number of hydrogen-bond acceptors (Lipinski definition) is 8. The van der Waals surface area contributed by atoms with Crippen LogP contribution in [0.25, 0.3) is 27.8 Å². The van der Waals surface area contributed by atoms with Crippen molar-refractivity contribution in [2.75, 3.05) is 57.4 Å². The molecule has 3 aromatic heterocycles. The predicted octanol–water partition coefficient (Wildman–Crippen LogP) is 1.52. The van der Waals surface area contributed by atoms with Crippen molar-refractivity contribution < 1.29 is 13.2 Å². The van der Waals surface area contributed by atoms with Crippen LogP contribution in [0.1, 0.15) is 5.69 Å². The number of aromatic nitrogens is 5. The summed E-state index contributed by atoms with van der Waals surface area (Å²) >= 11 is 6.98. The van der Waals surface area contributed by atoms with E-state index in [1.807, 2.05) is 33.7 Å². The topological polar surface area (TPSA) is 112 Å². The van der Waals surface area contributed by atoms with Crippen LogP contribution in [0.3, 0.4) is 0 Å². The number of rotatable bonds is 5. The number of morpholine rings is 1. The largest absolute Gasteiger partial charge is 0.378 e. The number of nitrogens with one attached hydrogen (secondary N) is 1. The van der Waals surface area contributed by atoms with Gasteiger partial charge in [0, 0.05) is 63.0 Å². The van der Waals surface area contributed by atoms with Crippen LogP contribution >= 0.6 is 11.6 Å². The smallest absolute Gasteiger partial charge is 0.225 e. The van der Waals surface area contributed by atoms with Gasteiger partial charge in [-0.3, -0.25) is 19.3 Å². The molecule has 2 aliphatic heterocycles. The quantitative estimate of drug-likeness (QED) is 0.385. The molecule has 0 spiro atoms. The lowest BCUT2D eigenvalue weighted by Crippen LogP contribution is -2.45. The average molecular weight is 529 g/mol. The lowest BCUT2D eigenvalue weighted by atomic mass is 10.1. The Labute approximate surface area is 213 Å². The molecule has 188 valence electrons. The van der Waals surface area contributed by atoms with Gasteiger partial charge in [-0.15, -0.1) is 0 Å². The molecule has 0 amide bonds. The maximum absolute atomic E-state index is 11.0. The van der Waals surface area contributed by atoms with Crippen LogP contribution in [0.2, 0.25) is 5.15 Å². The van der Waals surface area contributed by atoms with E-state index in [9.17, 15) is 8.42 Å². The maximum Gasteiger partial charge on any atom is 0.225 e. The number of H-pyrrole nitrogens is 1. The highest BCUT2D eigenvalue weighted by Gasteiger charge is 2.24. The fourth-order valence-electron chi connectivity index (χ4n) is 4.84. The SMILES string of the molecule is O=S(=O)=CN1CCN(Cc2cn3c(Cl)c(-c4cccc5[nH]ncc45)nc(N4CCOCC4)c3n2)CC1. The molecule has 4 aromatic rings. The maximum atomic E-state index is 11.0. The molecule has 5 heterocycles. The van der Waals surface area contributed by atoms with Crippen LogP contribution in [0.4, 0.5) is 5.82 Å². The number of imidazole rings is 1. The molecule has 0 aliphatic carbocycles. The van der Waals surface area contributed by atoms with Gasteiger partial charge in [-0.25, -0.2) is 9.97 Å². The Hall–Kier alpha value is -3.03. The molecule has 2 aliphatic rings. The summed E-state index contributed by atoms with van der Waals surface area (Å²) < 4.78 is 29.4. The molecule has 0 saturated carbocycles. The summed E-state index contributed by atoms with van der Waals surface area (Å²) in [5, 5.41) is 8.65. The Morgan fingerprint density at radius 2 is 1.89 bits per heavy atom. The first-order valence-corrected chi connectivity index (χ1v) is 13.3. The van der Waals surface area contributed by atoms with Gasteiger partial charge in [0.1, 0.15) is 16.3 Å². The van der Waals surface area contributed by atoms with Gasteiger partial charge < -0.3 is 9.64 Å². The van der Waals surface area contributed by atoms with E-state index in [4.69, 9.17) is 26.3 Å². The third kappa shape index (κ3) is 4.46. The molecule has 6 rings (SSSR count). The summed E-state index contributed by atoms with van der Waals surface area (Å²) in [5.41, 5.74) is 5.36. The van der Waals surface area contributed by atoms with Gasteiger partial charge in [0.15, 0.2) is 11.5 Å². The van der Waals surface area contributed by atoms with Gasteiger partial charge in [-0.05, 0) is 6.07 Å². The first-order chi connectivity index (χ1) is 17.6. The van der Waals surface area contributed by atoms with E-state index in [1.54, 1.807) is 6.20 Å². The highest BCUT2D eigenvalue weighted by atomic mass is 35.5. The number of halogens is 1. The van der Waals surface area contributed by atoms with Gasteiger partial charge in [0.05, 0.1) is 30.6 Å². The molecule has 13 heteroatoms. The van der Waals surface area contributed by atoms with E-state index in [2.05, 4.69) is 20.0 Å². The van der Waals surface area contributed by atoms with E-state index in [0.29, 0.717) is 49.3 Å². The normalized spacial score (nSPS) is 17.8. The van der Waals surface area contributed by atoms with Crippen LogP contribution < -0.4 is 4.90 Å². The molecule has 1 aromatic carbocycles. The summed E-state index contributed by atoms with van der Waals surface area (Å²) in [6.45, 7) is 6.15. The molecule has 1 N–H and O–H groups in total.